The second-order valence-electron chi connectivity index (χ2n) is 6.09. The van der Waals surface area contributed by atoms with E-state index in [4.69, 9.17) is 4.74 Å². The lowest BCUT2D eigenvalue weighted by molar-refractivity contribution is -0.135. The SMILES string of the molecule is CN1CC[C@]23C[C@@H]1CC(=O)[C@@H]2Oc1ccc(O)cc13. The number of hydrogen-bond donors (Lipinski definition) is 1. The number of piperidine rings is 1. The highest BCUT2D eigenvalue weighted by Crippen LogP contribution is 2.54. The average Bonchev–Trinajstić information content (AvgIpc) is 2.70. The molecule has 1 spiro atoms. The summed E-state index contributed by atoms with van der Waals surface area (Å²) in [4.78, 5) is 14.6. The van der Waals surface area contributed by atoms with Crippen LogP contribution in [0.25, 0.3) is 0 Å². The number of phenols is 1. The van der Waals surface area contributed by atoms with Gasteiger partial charge in [-0.2, -0.15) is 0 Å². The Morgan fingerprint density at radius 2 is 2.32 bits per heavy atom. The van der Waals surface area contributed by atoms with Crippen molar-refractivity contribution >= 4 is 5.78 Å². The van der Waals surface area contributed by atoms with Gasteiger partial charge in [-0.05, 0) is 44.6 Å². The van der Waals surface area contributed by atoms with Crippen LogP contribution < -0.4 is 4.74 Å². The normalized spacial score (nSPS) is 36.6. The van der Waals surface area contributed by atoms with Crippen LogP contribution in [0.2, 0.25) is 0 Å². The summed E-state index contributed by atoms with van der Waals surface area (Å²) in [5.41, 5.74) is 0.823. The van der Waals surface area contributed by atoms with E-state index in [1.807, 2.05) is 0 Å². The molecule has 1 saturated carbocycles. The van der Waals surface area contributed by atoms with Crippen molar-refractivity contribution in [3.8, 4) is 11.5 Å². The van der Waals surface area contributed by atoms with Gasteiger partial charge >= 0.3 is 0 Å². The van der Waals surface area contributed by atoms with Crippen LogP contribution in [0.4, 0.5) is 0 Å². The summed E-state index contributed by atoms with van der Waals surface area (Å²) < 4.78 is 5.91. The van der Waals surface area contributed by atoms with E-state index in [-0.39, 0.29) is 23.1 Å². The molecule has 1 aromatic carbocycles. The highest BCUT2D eigenvalue weighted by molar-refractivity contribution is 5.88. The number of Topliss-reactive ketones (excluding diaryl/α,β-unsaturated/α-hetero) is 1. The maximum Gasteiger partial charge on any atom is 0.175 e. The standard InChI is InChI=1S/C15H17NO3/c1-16-5-4-15-8-9(16)6-12(18)14(15)19-13-3-2-10(17)7-11(13)15/h2-3,7,9,14,17H,4-6,8H2,1H3/t9-,14-,15+/m0/s1. The van der Waals surface area contributed by atoms with E-state index in [1.54, 1.807) is 18.2 Å². The van der Waals surface area contributed by atoms with Crippen molar-refractivity contribution < 1.29 is 14.6 Å². The fraction of sp³-hybridized carbons (Fsp3) is 0.533. The first-order valence-corrected chi connectivity index (χ1v) is 6.83. The molecule has 1 aromatic rings. The quantitative estimate of drug-likeness (QED) is 0.766. The average molecular weight is 259 g/mol. The molecule has 1 aliphatic carbocycles. The van der Waals surface area contributed by atoms with Gasteiger partial charge < -0.3 is 14.7 Å². The van der Waals surface area contributed by atoms with Crippen LogP contribution in [-0.2, 0) is 10.2 Å². The molecule has 3 atom stereocenters. The fourth-order valence-corrected chi connectivity index (χ4v) is 4.05. The second-order valence-corrected chi connectivity index (χ2v) is 6.09. The lowest BCUT2D eigenvalue weighted by Gasteiger charge is -2.48. The number of ketones is 1. The molecular formula is C15H17NO3. The van der Waals surface area contributed by atoms with E-state index < -0.39 is 0 Å². The number of benzene rings is 1. The molecule has 2 heterocycles. The Hall–Kier alpha value is -1.55. The zero-order valence-corrected chi connectivity index (χ0v) is 10.9. The minimum absolute atomic E-state index is 0.207. The first-order valence-electron chi connectivity index (χ1n) is 6.83. The molecule has 4 rings (SSSR count). The van der Waals surface area contributed by atoms with E-state index >= 15 is 0 Å². The van der Waals surface area contributed by atoms with Gasteiger partial charge in [-0.1, -0.05) is 0 Å². The third kappa shape index (κ3) is 1.35. The molecule has 100 valence electrons. The third-order valence-corrected chi connectivity index (χ3v) is 5.11. The zero-order chi connectivity index (χ0) is 13.2. The highest BCUT2D eigenvalue weighted by atomic mass is 16.5. The Morgan fingerprint density at radius 1 is 1.47 bits per heavy atom. The first kappa shape index (κ1) is 11.3. The molecule has 2 bridgehead atoms. The van der Waals surface area contributed by atoms with Crippen molar-refractivity contribution in [3.63, 3.8) is 0 Å². The number of phenolic OH excluding ortho intramolecular Hbond substituents is 1. The molecule has 4 nitrogen and oxygen atoms in total. The van der Waals surface area contributed by atoms with Crippen molar-refractivity contribution in [1.29, 1.82) is 0 Å². The van der Waals surface area contributed by atoms with Gasteiger partial charge in [0.25, 0.3) is 0 Å². The van der Waals surface area contributed by atoms with Gasteiger partial charge in [0, 0.05) is 23.4 Å². The van der Waals surface area contributed by atoms with Gasteiger partial charge in [0.2, 0.25) is 0 Å². The molecule has 3 aliphatic rings. The van der Waals surface area contributed by atoms with Crippen molar-refractivity contribution in [2.45, 2.75) is 36.8 Å². The van der Waals surface area contributed by atoms with Crippen LogP contribution in [0.5, 0.6) is 11.5 Å². The number of fused-ring (bicyclic) bond motifs is 2. The van der Waals surface area contributed by atoms with Crippen LogP contribution in [0, 0.1) is 0 Å². The Bertz CT molecular complexity index is 571. The van der Waals surface area contributed by atoms with Gasteiger partial charge in [-0.15, -0.1) is 0 Å². The predicted octanol–water partition coefficient (Wildman–Crippen LogP) is 1.46. The summed E-state index contributed by atoms with van der Waals surface area (Å²) in [5, 5.41) is 9.75. The van der Waals surface area contributed by atoms with E-state index in [1.165, 1.54) is 0 Å². The number of likely N-dealkylation sites (tertiary alicyclic amines) is 1. The van der Waals surface area contributed by atoms with Crippen molar-refractivity contribution in [2.75, 3.05) is 13.6 Å². The van der Waals surface area contributed by atoms with Gasteiger partial charge in [-0.25, -0.2) is 0 Å². The molecule has 2 aliphatic heterocycles. The Morgan fingerprint density at radius 3 is 3.16 bits per heavy atom. The second kappa shape index (κ2) is 3.51. The molecule has 0 amide bonds. The molecular weight excluding hydrogens is 242 g/mol. The molecule has 2 fully saturated rings. The predicted molar refractivity (Wildman–Crippen MR) is 69.5 cm³/mol. The lowest BCUT2D eigenvalue weighted by atomic mass is 9.62. The number of carbonyl (C=O) groups excluding carboxylic acids is 1. The largest absolute Gasteiger partial charge is 0.508 e. The van der Waals surface area contributed by atoms with Crippen molar-refractivity contribution in [2.24, 2.45) is 0 Å². The van der Waals surface area contributed by atoms with Gasteiger partial charge in [0.05, 0.1) is 0 Å². The van der Waals surface area contributed by atoms with Crippen molar-refractivity contribution in [1.82, 2.24) is 4.90 Å². The summed E-state index contributed by atoms with van der Waals surface area (Å²) in [6.07, 6.45) is 2.13. The first-order chi connectivity index (χ1) is 9.10. The van der Waals surface area contributed by atoms with Crippen LogP contribution in [0.15, 0.2) is 18.2 Å². The maximum atomic E-state index is 12.4. The highest BCUT2D eigenvalue weighted by Gasteiger charge is 2.58. The van der Waals surface area contributed by atoms with Crippen LogP contribution in [0.3, 0.4) is 0 Å². The number of rotatable bonds is 0. The summed E-state index contributed by atoms with van der Waals surface area (Å²) in [7, 11) is 2.09. The zero-order valence-electron chi connectivity index (χ0n) is 10.9. The van der Waals surface area contributed by atoms with E-state index in [2.05, 4.69) is 11.9 Å². The van der Waals surface area contributed by atoms with Crippen LogP contribution in [0.1, 0.15) is 24.8 Å². The lowest BCUT2D eigenvalue weighted by Crippen LogP contribution is -2.59. The Balaban J connectivity index is 1.88. The fourth-order valence-electron chi connectivity index (χ4n) is 4.05. The minimum atomic E-state index is -0.339. The number of aromatic hydroxyl groups is 1. The molecule has 19 heavy (non-hydrogen) atoms. The van der Waals surface area contributed by atoms with E-state index in [9.17, 15) is 9.90 Å². The minimum Gasteiger partial charge on any atom is -0.508 e. The Labute approximate surface area is 112 Å². The molecule has 0 radical (unpaired) electrons. The van der Waals surface area contributed by atoms with E-state index in [0.717, 1.165) is 30.7 Å². The number of carbonyl (C=O) groups is 1. The topological polar surface area (TPSA) is 49.8 Å². The smallest absolute Gasteiger partial charge is 0.175 e. The van der Waals surface area contributed by atoms with Gasteiger partial charge in [0.1, 0.15) is 11.5 Å². The maximum absolute atomic E-state index is 12.4. The van der Waals surface area contributed by atoms with Crippen LogP contribution >= 0.6 is 0 Å². The van der Waals surface area contributed by atoms with Crippen LogP contribution in [-0.4, -0.2) is 41.5 Å². The Kier molecular flexibility index (Phi) is 2.09. The number of hydrogen-bond acceptors (Lipinski definition) is 4. The summed E-state index contributed by atoms with van der Waals surface area (Å²) >= 11 is 0. The molecule has 0 aromatic heterocycles. The molecule has 0 unspecified atom stereocenters. The van der Waals surface area contributed by atoms with Gasteiger partial charge in [0.15, 0.2) is 11.9 Å². The third-order valence-electron chi connectivity index (χ3n) is 5.11. The number of ether oxygens (including phenoxy) is 1. The molecule has 1 N–H and O–H groups in total. The molecule has 4 heteroatoms. The summed E-state index contributed by atoms with van der Waals surface area (Å²) in [5.74, 6) is 1.24. The monoisotopic (exact) mass is 259 g/mol. The summed E-state index contributed by atoms with van der Waals surface area (Å²) in [6.45, 7) is 0.979. The molecule has 1 saturated heterocycles. The van der Waals surface area contributed by atoms with Crippen molar-refractivity contribution in [3.05, 3.63) is 23.8 Å². The van der Waals surface area contributed by atoms with E-state index in [0.29, 0.717) is 12.5 Å². The van der Waals surface area contributed by atoms with Gasteiger partial charge in [-0.3, -0.25) is 4.79 Å². The summed E-state index contributed by atoms with van der Waals surface area (Å²) in [6, 6.07) is 5.52. The number of nitrogens with zero attached hydrogens (tertiary/aromatic N) is 1.